The standard InChI is InChI=1S/C25H32NO2P/c1-4-7-16-22-23-17-12-13-19-25(23)29(27,28-6-3)26(24(22)18-8-5-2)20-21-14-10-9-11-15-21/h4,7,9-15,17,19H,5-6,8,16,18,20H2,1-3H3/b7-4+. The Morgan fingerprint density at radius 3 is 2.45 bits per heavy atom. The van der Waals surface area contributed by atoms with Gasteiger partial charge in [0.05, 0.1) is 18.5 Å². The Bertz CT molecular complexity index is 917. The van der Waals surface area contributed by atoms with Crippen molar-refractivity contribution in [1.82, 2.24) is 4.67 Å². The van der Waals surface area contributed by atoms with Gasteiger partial charge in [0.2, 0.25) is 0 Å². The maximum atomic E-state index is 14.4. The lowest BCUT2D eigenvalue weighted by molar-refractivity contribution is 0.291. The second-order valence-corrected chi connectivity index (χ2v) is 9.56. The van der Waals surface area contributed by atoms with Gasteiger partial charge in [-0.3, -0.25) is 9.24 Å². The van der Waals surface area contributed by atoms with Gasteiger partial charge in [-0.25, -0.2) is 0 Å². The van der Waals surface area contributed by atoms with Gasteiger partial charge in [-0.05, 0) is 55.9 Å². The minimum Gasteiger partial charge on any atom is -0.310 e. The van der Waals surface area contributed by atoms with Crippen molar-refractivity contribution in [1.29, 1.82) is 0 Å². The van der Waals surface area contributed by atoms with E-state index < -0.39 is 7.52 Å². The van der Waals surface area contributed by atoms with Crippen LogP contribution in [0.15, 0.2) is 72.4 Å². The number of rotatable bonds is 9. The first-order chi connectivity index (χ1) is 14.2. The van der Waals surface area contributed by atoms with E-state index in [9.17, 15) is 4.57 Å². The number of hydrogen-bond acceptors (Lipinski definition) is 2. The summed E-state index contributed by atoms with van der Waals surface area (Å²) in [5.74, 6) is 0. The molecular formula is C25H32NO2P. The summed E-state index contributed by atoms with van der Waals surface area (Å²) < 4.78 is 22.6. The summed E-state index contributed by atoms with van der Waals surface area (Å²) in [7, 11) is -3.19. The van der Waals surface area contributed by atoms with Gasteiger partial charge in [-0.2, -0.15) is 0 Å². The monoisotopic (exact) mass is 409 g/mol. The van der Waals surface area contributed by atoms with Crippen molar-refractivity contribution in [3.8, 4) is 0 Å². The van der Waals surface area contributed by atoms with Crippen LogP contribution < -0.4 is 5.30 Å². The third-order valence-corrected chi connectivity index (χ3v) is 7.94. The van der Waals surface area contributed by atoms with Gasteiger partial charge in [0.1, 0.15) is 0 Å². The number of benzene rings is 2. The fourth-order valence-electron chi connectivity index (χ4n) is 3.92. The summed E-state index contributed by atoms with van der Waals surface area (Å²) in [6.45, 7) is 7.18. The Morgan fingerprint density at radius 1 is 1.03 bits per heavy atom. The van der Waals surface area contributed by atoms with Crippen molar-refractivity contribution in [3.63, 3.8) is 0 Å². The van der Waals surface area contributed by atoms with Crippen LogP contribution in [0.4, 0.5) is 0 Å². The molecule has 3 rings (SSSR count). The van der Waals surface area contributed by atoms with Crippen molar-refractivity contribution >= 4 is 18.4 Å². The van der Waals surface area contributed by atoms with E-state index in [1.54, 1.807) is 0 Å². The molecule has 0 spiro atoms. The van der Waals surface area contributed by atoms with Gasteiger partial charge >= 0.3 is 7.52 Å². The third kappa shape index (κ3) is 4.57. The molecule has 0 N–H and O–H groups in total. The second-order valence-electron chi connectivity index (χ2n) is 7.30. The Kier molecular flexibility index (Phi) is 7.52. The Morgan fingerprint density at radius 2 is 1.76 bits per heavy atom. The first-order valence-corrected chi connectivity index (χ1v) is 12.2. The molecule has 1 heterocycles. The molecule has 0 amide bonds. The smallest absolute Gasteiger partial charge is 0.310 e. The number of fused-ring (bicyclic) bond motifs is 1. The molecule has 3 nitrogen and oxygen atoms in total. The van der Waals surface area contributed by atoms with Crippen molar-refractivity contribution in [2.24, 2.45) is 0 Å². The minimum atomic E-state index is -3.19. The Balaban J connectivity index is 2.22. The van der Waals surface area contributed by atoms with Crippen molar-refractivity contribution in [2.45, 2.75) is 53.0 Å². The molecule has 154 valence electrons. The van der Waals surface area contributed by atoms with Crippen LogP contribution in [0.3, 0.4) is 0 Å². The zero-order valence-corrected chi connectivity index (χ0v) is 18.7. The minimum absolute atomic E-state index is 0.419. The summed E-state index contributed by atoms with van der Waals surface area (Å²) in [6, 6.07) is 18.4. The van der Waals surface area contributed by atoms with Gasteiger partial charge in [0, 0.05) is 5.70 Å². The zero-order chi connectivity index (χ0) is 20.7. The van der Waals surface area contributed by atoms with Crippen LogP contribution in [0.25, 0.3) is 5.57 Å². The van der Waals surface area contributed by atoms with Crippen LogP contribution in [0.5, 0.6) is 0 Å². The highest BCUT2D eigenvalue weighted by Gasteiger charge is 2.42. The summed E-state index contributed by atoms with van der Waals surface area (Å²) in [5.41, 5.74) is 4.67. The number of hydrogen-bond donors (Lipinski definition) is 0. The first-order valence-electron chi connectivity index (χ1n) is 10.6. The number of unbranched alkanes of at least 4 members (excludes halogenated alkanes) is 1. The maximum absolute atomic E-state index is 14.4. The van der Waals surface area contributed by atoms with Gasteiger partial charge in [-0.1, -0.05) is 74.0 Å². The normalized spacial score (nSPS) is 19.1. The molecule has 0 saturated carbocycles. The van der Waals surface area contributed by atoms with E-state index in [0.29, 0.717) is 13.2 Å². The fourth-order valence-corrected chi connectivity index (χ4v) is 6.49. The van der Waals surface area contributed by atoms with E-state index in [1.807, 2.05) is 50.2 Å². The molecule has 29 heavy (non-hydrogen) atoms. The Labute approximate surface area is 175 Å². The average Bonchev–Trinajstić information content (AvgIpc) is 2.75. The fraction of sp³-hybridized carbons (Fsp3) is 0.360. The lowest BCUT2D eigenvalue weighted by atomic mass is 9.97. The lowest BCUT2D eigenvalue weighted by Gasteiger charge is -2.41. The molecule has 0 aliphatic carbocycles. The summed E-state index contributed by atoms with van der Waals surface area (Å²) in [6.07, 6.45) is 8.18. The SMILES string of the molecule is C/C=C/CC1=C(CCCC)N(Cc2ccccc2)P(=O)(OCC)c2ccccc21. The topological polar surface area (TPSA) is 29.5 Å². The average molecular weight is 410 g/mol. The Hall–Kier alpha value is -2.09. The predicted octanol–water partition coefficient (Wildman–Crippen LogP) is 6.92. The molecule has 0 saturated heterocycles. The molecule has 0 radical (unpaired) electrons. The molecule has 0 aromatic heterocycles. The van der Waals surface area contributed by atoms with Gasteiger partial charge < -0.3 is 4.52 Å². The molecule has 1 atom stereocenters. The molecule has 0 fully saturated rings. The maximum Gasteiger partial charge on any atom is 0.327 e. The highest BCUT2D eigenvalue weighted by atomic mass is 31.2. The molecule has 2 aromatic carbocycles. The molecular weight excluding hydrogens is 377 g/mol. The number of allylic oxidation sites excluding steroid dienone is 4. The van der Waals surface area contributed by atoms with Crippen LogP contribution in [0.2, 0.25) is 0 Å². The van der Waals surface area contributed by atoms with E-state index in [0.717, 1.165) is 42.1 Å². The van der Waals surface area contributed by atoms with Crippen molar-refractivity contribution in [3.05, 3.63) is 83.6 Å². The van der Waals surface area contributed by atoms with E-state index in [4.69, 9.17) is 4.52 Å². The van der Waals surface area contributed by atoms with E-state index in [2.05, 4.69) is 41.9 Å². The van der Waals surface area contributed by atoms with Gasteiger partial charge in [0.25, 0.3) is 0 Å². The lowest BCUT2D eigenvalue weighted by Crippen LogP contribution is -2.33. The van der Waals surface area contributed by atoms with Crippen molar-refractivity contribution < 1.29 is 9.09 Å². The van der Waals surface area contributed by atoms with Gasteiger partial charge in [0.15, 0.2) is 0 Å². The number of nitrogens with zero attached hydrogens (tertiary/aromatic N) is 1. The third-order valence-electron chi connectivity index (χ3n) is 5.32. The van der Waals surface area contributed by atoms with E-state index >= 15 is 0 Å². The highest BCUT2D eigenvalue weighted by Crippen LogP contribution is 2.58. The summed E-state index contributed by atoms with van der Waals surface area (Å²) in [4.78, 5) is 0. The zero-order valence-electron chi connectivity index (χ0n) is 17.8. The molecule has 4 heteroatoms. The summed E-state index contributed by atoms with van der Waals surface area (Å²) >= 11 is 0. The van der Waals surface area contributed by atoms with Crippen LogP contribution in [-0.2, 0) is 15.6 Å². The van der Waals surface area contributed by atoms with Crippen molar-refractivity contribution in [2.75, 3.05) is 6.61 Å². The second kappa shape index (κ2) is 10.1. The largest absolute Gasteiger partial charge is 0.327 e. The quantitative estimate of drug-likeness (QED) is 0.332. The van der Waals surface area contributed by atoms with Crippen LogP contribution in [0.1, 0.15) is 57.6 Å². The molecule has 1 unspecified atom stereocenters. The van der Waals surface area contributed by atoms with Gasteiger partial charge in [-0.15, -0.1) is 0 Å². The molecule has 1 aliphatic heterocycles. The predicted molar refractivity (Wildman–Crippen MR) is 123 cm³/mol. The van der Waals surface area contributed by atoms with Crippen LogP contribution in [0, 0.1) is 0 Å². The molecule has 2 aromatic rings. The molecule has 0 bridgehead atoms. The molecule has 1 aliphatic rings. The van der Waals surface area contributed by atoms with Crippen LogP contribution >= 0.6 is 7.52 Å². The van der Waals surface area contributed by atoms with E-state index in [1.165, 1.54) is 11.3 Å². The van der Waals surface area contributed by atoms with E-state index in [-0.39, 0.29) is 0 Å². The van der Waals surface area contributed by atoms with Crippen LogP contribution in [-0.4, -0.2) is 11.3 Å². The summed E-state index contributed by atoms with van der Waals surface area (Å²) in [5, 5.41) is 0.831. The highest BCUT2D eigenvalue weighted by molar-refractivity contribution is 7.65. The first kappa shape index (κ1) is 21.6.